The molecular formula is C15H18O4. The van der Waals surface area contributed by atoms with Crippen molar-refractivity contribution in [2.24, 2.45) is 0 Å². The quantitative estimate of drug-likeness (QED) is 0.908. The largest absolute Gasteiger partial charge is 0.493 e. The molecule has 0 bridgehead atoms. The zero-order chi connectivity index (χ0) is 13.6. The molecule has 2 heterocycles. The first-order chi connectivity index (χ1) is 8.99. The molecule has 1 aromatic carbocycles. The van der Waals surface area contributed by atoms with Crippen LogP contribution in [0.4, 0.5) is 0 Å². The van der Waals surface area contributed by atoms with Crippen molar-refractivity contribution in [1.29, 1.82) is 0 Å². The molecule has 1 N–H and O–H groups in total. The number of hydrogen-bond donors (Lipinski definition) is 1. The summed E-state index contributed by atoms with van der Waals surface area (Å²) in [6, 6.07) is 2.06. The van der Waals surface area contributed by atoms with Crippen molar-refractivity contribution in [3.05, 3.63) is 22.8 Å². The number of carbonyl (C=O) groups is 1. The molecule has 0 radical (unpaired) electrons. The van der Waals surface area contributed by atoms with Gasteiger partial charge in [-0.3, -0.25) is 4.79 Å². The second-order valence-electron chi connectivity index (χ2n) is 5.87. The van der Waals surface area contributed by atoms with Gasteiger partial charge in [-0.25, -0.2) is 0 Å². The zero-order valence-corrected chi connectivity index (χ0v) is 11.3. The summed E-state index contributed by atoms with van der Waals surface area (Å²) in [6.45, 7) is 5.29. The summed E-state index contributed by atoms with van der Waals surface area (Å²) in [7, 11) is 0. The van der Waals surface area contributed by atoms with E-state index in [2.05, 4.69) is 6.07 Å². The highest BCUT2D eigenvalue weighted by Gasteiger charge is 2.36. The van der Waals surface area contributed by atoms with Crippen LogP contribution in [0.25, 0.3) is 0 Å². The van der Waals surface area contributed by atoms with Crippen molar-refractivity contribution in [3.63, 3.8) is 0 Å². The lowest BCUT2D eigenvalue weighted by Crippen LogP contribution is -2.24. The van der Waals surface area contributed by atoms with Gasteiger partial charge in [0.25, 0.3) is 0 Å². The molecule has 3 rings (SSSR count). The van der Waals surface area contributed by atoms with Gasteiger partial charge in [-0.1, -0.05) is 13.8 Å². The molecule has 102 valence electrons. The van der Waals surface area contributed by atoms with Crippen LogP contribution in [0.2, 0.25) is 0 Å². The van der Waals surface area contributed by atoms with Crippen LogP contribution in [0.1, 0.15) is 37.0 Å². The Hall–Kier alpha value is -1.71. The second-order valence-corrected chi connectivity index (χ2v) is 5.87. The molecule has 0 saturated heterocycles. The standard InChI is InChI=1S/C15H18O4/c1-15(2,8-12(16)17)13-10-4-6-18-11(10)7-9-3-5-19-14(9)13/h7H,3-6,8H2,1-2H3,(H,16,17). The summed E-state index contributed by atoms with van der Waals surface area (Å²) in [4.78, 5) is 11.1. The molecule has 0 spiro atoms. The third-order valence-electron chi connectivity index (χ3n) is 3.92. The SMILES string of the molecule is CC(C)(CC(=O)O)c1c2c(cc3c1OCC3)OCC2. The third kappa shape index (κ3) is 1.95. The van der Waals surface area contributed by atoms with Gasteiger partial charge in [0.1, 0.15) is 11.5 Å². The van der Waals surface area contributed by atoms with Gasteiger partial charge in [0.05, 0.1) is 19.6 Å². The molecule has 0 fully saturated rings. The summed E-state index contributed by atoms with van der Waals surface area (Å²) in [6.07, 6.45) is 1.81. The van der Waals surface area contributed by atoms with Crippen LogP contribution in [-0.2, 0) is 23.1 Å². The van der Waals surface area contributed by atoms with Crippen molar-refractivity contribution in [1.82, 2.24) is 0 Å². The van der Waals surface area contributed by atoms with Gasteiger partial charge in [0.2, 0.25) is 0 Å². The summed E-state index contributed by atoms with van der Waals surface area (Å²) in [5.74, 6) is 1.03. The monoisotopic (exact) mass is 262 g/mol. The van der Waals surface area contributed by atoms with Crippen LogP contribution in [0.5, 0.6) is 11.5 Å². The van der Waals surface area contributed by atoms with Gasteiger partial charge in [-0.05, 0) is 6.07 Å². The average Bonchev–Trinajstić information content (AvgIpc) is 2.89. The first-order valence-corrected chi connectivity index (χ1v) is 6.65. The third-order valence-corrected chi connectivity index (χ3v) is 3.92. The van der Waals surface area contributed by atoms with Gasteiger partial charge < -0.3 is 14.6 Å². The van der Waals surface area contributed by atoms with Crippen LogP contribution < -0.4 is 9.47 Å². The van der Waals surface area contributed by atoms with E-state index in [4.69, 9.17) is 14.6 Å². The molecule has 2 aliphatic heterocycles. The number of carboxylic acids is 1. The molecule has 0 aliphatic carbocycles. The molecule has 0 saturated carbocycles. The second kappa shape index (κ2) is 4.15. The van der Waals surface area contributed by atoms with Gasteiger partial charge in [0.15, 0.2) is 0 Å². The van der Waals surface area contributed by atoms with Crippen molar-refractivity contribution in [2.45, 2.75) is 38.5 Å². The van der Waals surface area contributed by atoms with Crippen molar-refractivity contribution >= 4 is 5.97 Å². The summed E-state index contributed by atoms with van der Waals surface area (Å²) >= 11 is 0. The van der Waals surface area contributed by atoms with Crippen LogP contribution in [-0.4, -0.2) is 24.3 Å². The Balaban J connectivity index is 2.17. The number of carboxylic acid groups (broad SMARTS) is 1. The number of fused-ring (bicyclic) bond motifs is 2. The number of rotatable bonds is 3. The Morgan fingerprint density at radius 2 is 2.05 bits per heavy atom. The molecule has 1 aromatic rings. The Bertz CT molecular complexity index is 513. The summed E-state index contributed by atoms with van der Waals surface area (Å²) in [5, 5.41) is 9.14. The number of ether oxygens (including phenoxy) is 2. The van der Waals surface area contributed by atoms with Crippen molar-refractivity contribution in [3.8, 4) is 11.5 Å². The van der Waals surface area contributed by atoms with Gasteiger partial charge >= 0.3 is 5.97 Å². The first-order valence-electron chi connectivity index (χ1n) is 6.65. The Morgan fingerprint density at radius 1 is 1.32 bits per heavy atom. The van der Waals surface area contributed by atoms with E-state index in [0.717, 1.165) is 41.0 Å². The van der Waals surface area contributed by atoms with Crippen LogP contribution in [0.15, 0.2) is 6.07 Å². The van der Waals surface area contributed by atoms with E-state index in [1.54, 1.807) is 0 Å². The predicted molar refractivity (Wildman–Crippen MR) is 70.1 cm³/mol. The first kappa shape index (κ1) is 12.3. The average molecular weight is 262 g/mol. The molecule has 0 unspecified atom stereocenters. The minimum Gasteiger partial charge on any atom is -0.493 e. The Morgan fingerprint density at radius 3 is 2.79 bits per heavy atom. The van der Waals surface area contributed by atoms with Gasteiger partial charge in [-0.2, -0.15) is 0 Å². The minimum atomic E-state index is -0.784. The van der Waals surface area contributed by atoms with Gasteiger partial charge in [0, 0.05) is 34.9 Å². The zero-order valence-electron chi connectivity index (χ0n) is 11.3. The van der Waals surface area contributed by atoms with E-state index in [9.17, 15) is 4.79 Å². The normalized spacial score (nSPS) is 16.5. The molecule has 4 heteroatoms. The summed E-state index contributed by atoms with van der Waals surface area (Å²) in [5.41, 5.74) is 2.87. The fourth-order valence-electron chi connectivity index (χ4n) is 3.17. The smallest absolute Gasteiger partial charge is 0.304 e. The molecule has 4 nitrogen and oxygen atoms in total. The maximum Gasteiger partial charge on any atom is 0.304 e. The Labute approximate surface area is 112 Å². The van der Waals surface area contributed by atoms with Gasteiger partial charge in [-0.15, -0.1) is 0 Å². The number of benzene rings is 1. The van der Waals surface area contributed by atoms with Crippen LogP contribution >= 0.6 is 0 Å². The fourth-order valence-corrected chi connectivity index (χ4v) is 3.17. The molecule has 0 atom stereocenters. The van der Waals surface area contributed by atoms with Crippen LogP contribution in [0.3, 0.4) is 0 Å². The number of aliphatic carboxylic acids is 1. The topological polar surface area (TPSA) is 55.8 Å². The van der Waals surface area contributed by atoms with E-state index in [1.807, 2.05) is 13.8 Å². The highest BCUT2D eigenvalue weighted by molar-refractivity contribution is 5.70. The van der Waals surface area contributed by atoms with E-state index in [0.29, 0.717) is 13.2 Å². The van der Waals surface area contributed by atoms with E-state index < -0.39 is 11.4 Å². The lowest BCUT2D eigenvalue weighted by molar-refractivity contribution is -0.138. The Kier molecular flexibility index (Phi) is 2.69. The molecular weight excluding hydrogens is 244 g/mol. The van der Waals surface area contributed by atoms with E-state index >= 15 is 0 Å². The predicted octanol–water partition coefficient (Wildman–Crippen LogP) is 2.31. The minimum absolute atomic E-state index is 0.0965. The number of hydrogen-bond acceptors (Lipinski definition) is 3. The van der Waals surface area contributed by atoms with Crippen molar-refractivity contribution < 1.29 is 19.4 Å². The maximum atomic E-state index is 11.1. The summed E-state index contributed by atoms with van der Waals surface area (Å²) < 4.78 is 11.4. The lowest BCUT2D eigenvalue weighted by atomic mass is 9.77. The van der Waals surface area contributed by atoms with E-state index in [1.165, 1.54) is 0 Å². The molecule has 0 amide bonds. The van der Waals surface area contributed by atoms with E-state index in [-0.39, 0.29) is 6.42 Å². The molecule has 2 aliphatic rings. The maximum absolute atomic E-state index is 11.1. The molecule has 19 heavy (non-hydrogen) atoms. The van der Waals surface area contributed by atoms with Crippen LogP contribution in [0, 0.1) is 0 Å². The highest BCUT2D eigenvalue weighted by Crippen LogP contribution is 2.47. The lowest BCUT2D eigenvalue weighted by Gasteiger charge is -2.27. The fraction of sp³-hybridized carbons (Fsp3) is 0.533. The van der Waals surface area contributed by atoms with Crippen molar-refractivity contribution in [2.75, 3.05) is 13.2 Å². The highest BCUT2D eigenvalue weighted by atomic mass is 16.5. The molecule has 0 aromatic heterocycles.